The van der Waals surface area contributed by atoms with Gasteiger partial charge in [0.05, 0.1) is 10.6 Å². The number of phenols is 1. The number of benzene rings is 1. The summed E-state index contributed by atoms with van der Waals surface area (Å²) in [5.74, 6) is -1.95. The van der Waals surface area contributed by atoms with Gasteiger partial charge in [-0.05, 0) is 29.7 Å². The van der Waals surface area contributed by atoms with Gasteiger partial charge in [0.2, 0.25) is 0 Å². The van der Waals surface area contributed by atoms with Crippen molar-refractivity contribution in [2.45, 2.75) is 0 Å². The minimum Gasteiger partial charge on any atom is -0.507 e. The maximum atomic E-state index is 12.5. The molecule has 0 atom stereocenters. The lowest BCUT2D eigenvalue weighted by atomic mass is 10.1. The Hall–Kier alpha value is -2.16. The van der Waals surface area contributed by atoms with Crippen LogP contribution >= 0.6 is 35.3 Å². The number of carbonyl (C=O) groups excluding carboxylic acids is 1. The number of aromatic hydroxyl groups is 1. The summed E-state index contributed by atoms with van der Waals surface area (Å²) in [6.45, 7) is 0. The second-order valence-electron chi connectivity index (χ2n) is 4.54. The molecule has 1 fully saturated rings. The van der Waals surface area contributed by atoms with Gasteiger partial charge in [0, 0.05) is 10.9 Å². The van der Waals surface area contributed by atoms with Crippen molar-refractivity contribution in [3.05, 3.63) is 51.1 Å². The molecule has 23 heavy (non-hydrogen) atoms. The third kappa shape index (κ3) is 3.00. The SMILES string of the molecule is O=C(O)c1ccc(N2C(=O)C(=Cc3cccs3)SC2=S)cc1O. The molecule has 0 spiro atoms. The van der Waals surface area contributed by atoms with Gasteiger partial charge in [0.1, 0.15) is 11.3 Å². The van der Waals surface area contributed by atoms with Crippen LogP contribution in [0.3, 0.4) is 0 Å². The zero-order valence-corrected chi connectivity index (χ0v) is 13.9. The van der Waals surface area contributed by atoms with E-state index in [9.17, 15) is 14.7 Å². The third-order valence-corrected chi connectivity index (χ3v) is 5.20. The van der Waals surface area contributed by atoms with Crippen molar-refractivity contribution in [3.8, 4) is 5.75 Å². The molecular formula is C15H9NO4S3. The number of carboxylic acid groups (broad SMARTS) is 1. The first-order valence-electron chi connectivity index (χ1n) is 6.35. The van der Waals surface area contributed by atoms with Gasteiger partial charge in [0.15, 0.2) is 4.32 Å². The van der Waals surface area contributed by atoms with Crippen molar-refractivity contribution >= 4 is 63.3 Å². The minimum atomic E-state index is -1.24. The fourth-order valence-electron chi connectivity index (χ4n) is 2.03. The van der Waals surface area contributed by atoms with Gasteiger partial charge in [-0.2, -0.15) is 0 Å². The minimum absolute atomic E-state index is 0.228. The van der Waals surface area contributed by atoms with Crippen LogP contribution in [0.2, 0.25) is 0 Å². The number of amides is 1. The number of carbonyl (C=O) groups is 2. The molecule has 1 aromatic carbocycles. The molecule has 2 aromatic rings. The number of thiophene rings is 1. The van der Waals surface area contributed by atoms with Gasteiger partial charge in [-0.15, -0.1) is 11.3 Å². The highest BCUT2D eigenvalue weighted by Gasteiger charge is 2.33. The van der Waals surface area contributed by atoms with Gasteiger partial charge in [-0.25, -0.2) is 4.79 Å². The largest absolute Gasteiger partial charge is 0.507 e. The van der Waals surface area contributed by atoms with E-state index in [4.69, 9.17) is 17.3 Å². The van der Waals surface area contributed by atoms with Crippen molar-refractivity contribution in [1.82, 2.24) is 0 Å². The molecule has 1 aromatic heterocycles. The maximum Gasteiger partial charge on any atom is 0.339 e. The van der Waals surface area contributed by atoms with Crippen molar-refractivity contribution in [2.75, 3.05) is 4.90 Å². The summed E-state index contributed by atoms with van der Waals surface area (Å²) in [5, 5.41) is 20.6. The summed E-state index contributed by atoms with van der Waals surface area (Å²) in [6.07, 6.45) is 1.76. The molecule has 1 saturated heterocycles. The smallest absolute Gasteiger partial charge is 0.339 e. The van der Waals surface area contributed by atoms with Gasteiger partial charge in [-0.1, -0.05) is 30.0 Å². The molecule has 5 nitrogen and oxygen atoms in total. The van der Waals surface area contributed by atoms with Crippen LogP contribution in [0.4, 0.5) is 5.69 Å². The summed E-state index contributed by atoms with van der Waals surface area (Å²) in [6, 6.07) is 7.70. The highest BCUT2D eigenvalue weighted by Crippen LogP contribution is 2.37. The molecule has 2 N–H and O–H groups in total. The number of thioether (sulfide) groups is 1. The molecule has 3 rings (SSSR count). The van der Waals surface area contributed by atoms with Crippen LogP contribution in [-0.2, 0) is 4.79 Å². The second kappa shape index (κ2) is 6.15. The Bertz CT molecular complexity index is 842. The molecule has 0 bridgehead atoms. The first-order chi connectivity index (χ1) is 11.0. The molecular weight excluding hydrogens is 354 g/mol. The maximum absolute atomic E-state index is 12.5. The number of anilines is 1. The van der Waals surface area contributed by atoms with E-state index >= 15 is 0 Å². The summed E-state index contributed by atoms with van der Waals surface area (Å²) in [5.41, 5.74) is 0.109. The van der Waals surface area contributed by atoms with Gasteiger partial charge >= 0.3 is 5.97 Å². The van der Waals surface area contributed by atoms with Gasteiger partial charge in [0.25, 0.3) is 5.91 Å². The first kappa shape index (κ1) is 15.7. The van der Waals surface area contributed by atoms with E-state index in [1.165, 1.54) is 46.2 Å². The average molecular weight is 363 g/mol. The number of rotatable bonds is 3. The lowest BCUT2D eigenvalue weighted by molar-refractivity contribution is -0.113. The Labute approximate surface area is 144 Å². The number of carboxylic acids is 1. The highest BCUT2D eigenvalue weighted by atomic mass is 32.2. The molecule has 0 aliphatic carbocycles. The van der Waals surface area contributed by atoms with Crippen molar-refractivity contribution in [1.29, 1.82) is 0 Å². The third-order valence-electron chi connectivity index (χ3n) is 3.08. The average Bonchev–Trinajstić information content (AvgIpc) is 3.08. The standard InChI is InChI=1S/C15H9NO4S3/c17-11-6-8(3-4-10(11)14(19)20)16-13(18)12(23-15(16)21)7-9-2-1-5-22-9/h1-7,17H,(H,19,20). The van der Waals surface area contributed by atoms with Crippen LogP contribution in [0.15, 0.2) is 40.6 Å². The molecule has 1 amide bonds. The number of hydrogen-bond acceptors (Lipinski definition) is 6. The quantitative estimate of drug-likeness (QED) is 0.641. The second-order valence-corrected chi connectivity index (χ2v) is 7.19. The van der Waals surface area contributed by atoms with E-state index in [2.05, 4.69) is 0 Å². The molecule has 2 heterocycles. The number of nitrogens with zero attached hydrogens (tertiary/aromatic N) is 1. The summed E-state index contributed by atoms with van der Waals surface area (Å²) in [4.78, 5) is 26.2. The zero-order valence-electron chi connectivity index (χ0n) is 11.4. The lowest BCUT2D eigenvalue weighted by Crippen LogP contribution is -2.27. The molecule has 0 radical (unpaired) electrons. The van der Waals surface area contributed by atoms with Crippen molar-refractivity contribution < 1.29 is 19.8 Å². The molecule has 1 aliphatic rings. The molecule has 116 valence electrons. The van der Waals surface area contributed by atoms with Crippen LogP contribution in [-0.4, -0.2) is 26.4 Å². The van der Waals surface area contributed by atoms with E-state index in [1.54, 1.807) is 6.08 Å². The van der Waals surface area contributed by atoms with Crippen LogP contribution in [0, 0.1) is 0 Å². The molecule has 1 aliphatic heterocycles. The summed E-state index contributed by atoms with van der Waals surface area (Å²) < 4.78 is 0.334. The monoisotopic (exact) mass is 363 g/mol. The van der Waals surface area contributed by atoms with E-state index < -0.39 is 11.7 Å². The predicted octanol–water partition coefficient (Wildman–Crippen LogP) is 3.56. The zero-order chi connectivity index (χ0) is 16.6. The van der Waals surface area contributed by atoms with E-state index in [1.807, 2.05) is 17.5 Å². The van der Waals surface area contributed by atoms with Crippen LogP contribution in [0.1, 0.15) is 15.2 Å². The highest BCUT2D eigenvalue weighted by molar-refractivity contribution is 8.27. The number of aromatic carboxylic acids is 1. The lowest BCUT2D eigenvalue weighted by Gasteiger charge is -2.15. The molecule has 0 unspecified atom stereocenters. The molecule has 8 heteroatoms. The molecule has 0 saturated carbocycles. The Morgan fingerprint density at radius 1 is 1.30 bits per heavy atom. The van der Waals surface area contributed by atoms with Crippen LogP contribution in [0.25, 0.3) is 6.08 Å². The van der Waals surface area contributed by atoms with Crippen LogP contribution < -0.4 is 4.90 Å². The topological polar surface area (TPSA) is 77.8 Å². The Balaban J connectivity index is 1.95. The van der Waals surface area contributed by atoms with E-state index in [-0.39, 0.29) is 11.5 Å². The Kier molecular flexibility index (Phi) is 4.20. The number of thiocarbonyl (C=S) groups is 1. The van der Waals surface area contributed by atoms with Crippen molar-refractivity contribution in [2.24, 2.45) is 0 Å². The van der Waals surface area contributed by atoms with Gasteiger partial charge < -0.3 is 10.2 Å². The fraction of sp³-hybridized carbons (Fsp3) is 0. The summed E-state index contributed by atoms with van der Waals surface area (Å²) in [7, 11) is 0. The van der Waals surface area contributed by atoms with Gasteiger partial charge in [-0.3, -0.25) is 9.69 Å². The summed E-state index contributed by atoms with van der Waals surface area (Å²) >= 11 is 7.91. The predicted molar refractivity (Wildman–Crippen MR) is 95.0 cm³/mol. The fourth-order valence-corrected chi connectivity index (χ4v) is 4.05. The van der Waals surface area contributed by atoms with E-state index in [0.29, 0.717) is 14.9 Å². The first-order valence-corrected chi connectivity index (χ1v) is 8.45. The van der Waals surface area contributed by atoms with E-state index in [0.717, 1.165) is 4.88 Å². The Morgan fingerprint density at radius 3 is 2.70 bits per heavy atom. The normalized spacial score (nSPS) is 16.3. The number of hydrogen-bond donors (Lipinski definition) is 2. The Morgan fingerprint density at radius 2 is 2.09 bits per heavy atom. The van der Waals surface area contributed by atoms with Crippen LogP contribution in [0.5, 0.6) is 5.75 Å². The van der Waals surface area contributed by atoms with Crippen molar-refractivity contribution in [3.63, 3.8) is 0 Å².